The zero-order valence-corrected chi connectivity index (χ0v) is 5.05. The van der Waals surface area contributed by atoms with E-state index in [2.05, 4.69) is 10.6 Å². The van der Waals surface area contributed by atoms with Crippen molar-refractivity contribution < 1.29 is 4.79 Å². The van der Waals surface area contributed by atoms with Crippen LogP contribution in [0.4, 0.5) is 0 Å². The standard InChI is InChI=1S/C5H9N3O/c9-2-1-8-4-6-3-7-5-8/h1,6-7H,3-5H2. The van der Waals surface area contributed by atoms with Crippen molar-refractivity contribution in [2.75, 3.05) is 20.0 Å². The molecule has 0 aromatic heterocycles. The third-order valence-electron chi connectivity index (χ3n) is 1.12. The monoisotopic (exact) mass is 127 g/mol. The fourth-order valence-electron chi connectivity index (χ4n) is 0.709. The van der Waals surface area contributed by atoms with E-state index in [4.69, 9.17) is 0 Å². The summed E-state index contributed by atoms with van der Waals surface area (Å²) in [6.07, 6.45) is 1.39. The van der Waals surface area contributed by atoms with E-state index in [1.54, 1.807) is 10.8 Å². The van der Waals surface area contributed by atoms with Crippen LogP contribution in [-0.4, -0.2) is 30.8 Å². The highest BCUT2D eigenvalue weighted by Gasteiger charge is 2.01. The normalized spacial score (nSPS) is 18.9. The first-order chi connectivity index (χ1) is 4.43. The van der Waals surface area contributed by atoms with Gasteiger partial charge in [0, 0.05) is 6.67 Å². The highest BCUT2D eigenvalue weighted by atomic mass is 16.1. The maximum Gasteiger partial charge on any atom is 0.142 e. The summed E-state index contributed by atoms with van der Waals surface area (Å²) >= 11 is 0. The van der Waals surface area contributed by atoms with Gasteiger partial charge in [-0.25, -0.2) is 4.79 Å². The Bertz CT molecular complexity index is 124. The molecule has 4 nitrogen and oxygen atoms in total. The van der Waals surface area contributed by atoms with Gasteiger partial charge in [0.2, 0.25) is 0 Å². The molecule has 1 fully saturated rings. The fourth-order valence-corrected chi connectivity index (χ4v) is 0.709. The van der Waals surface area contributed by atoms with Gasteiger partial charge in [-0.3, -0.25) is 10.6 Å². The molecule has 1 aliphatic heterocycles. The summed E-state index contributed by atoms with van der Waals surface area (Å²) in [6.45, 7) is 2.26. The first kappa shape index (κ1) is 6.29. The van der Waals surface area contributed by atoms with Crippen molar-refractivity contribution >= 4 is 5.94 Å². The molecular formula is C5H9N3O. The van der Waals surface area contributed by atoms with Crippen LogP contribution in [0.15, 0.2) is 6.20 Å². The third kappa shape index (κ3) is 1.85. The summed E-state index contributed by atoms with van der Waals surface area (Å²) in [5, 5.41) is 6.05. The molecule has 0 aromatic rings. The molecule has 0 radical (unpaired) electrons. The summed E-state index contributed by atoms with van der Waals surface area (Å²) in [5.74, 6) is 1.71. The molecule has 1 rings (SSSR count). The van der Waals surface area contributed by atoms with Crippen LogP contribution in [0.3, 0.4) is 0 Å². The lowest BCUT2D eigenvalue weighted by molar-refractivity contribution is 0.262. The Morgan fingerprint density at radius 2 is 2.11 bits per heavy atom. The maximum absolute atomic E-state index is 9.80. The zero-order valence-electron chi connectivity index (χ0n) is 5.05. The minimum atomic E-state index is 0.724. The molecule has 0 spiro atoms. The van der Waals surface area contributed by atoms with Gasteiger partial charge in [-0.2, -0.15) is 0 Å². The van der Waals surface area contributed by atoms with E-state index >= 15 is 0 Å². The lowest BCUT2D eigenvalue weighted by Gasteiger charge is -2.25. The number of hydrogen-bond donors (Lipinski definition) is 2. The van der Waals surface area contributed by atoms with E-state index in [0.29, 0.717) is 0 Å². The second-order valence-electron chi connectivity index (χ2n) is 1.83. The number of carbonyl (C=O) groups excluding carboxylic acids is 1. The Labute approximate surface area is 53.5 Å². The van der Waals surface area contributed by atoms with E-state index in [1.165, 1.54) is 6.20 Å². The smallest absolute Gasteiger partial charge is 0.142 e. The largest absolute Gasteiger partial charge is 0.343 e. The number of nitrogens with zero attached hydrogens (tertiary/aromatic N) is 1. The summed E-state index contributed by atoms with van der Waals surface area (Å²) in [4.78, 5) is 11.6. The van der Waals surface area contributed by atoms with Crippen LogP contribution in [0.5, 0.6) is 0 Å². The van der Waals surface area contributed by atoms with Crippen molar-refractivity contribution in [1.29, 1.82) is 0 Å². The highest BCUT2D eigenvalue weighted by Crippen LogP contribution is 1.83. The molecule has 0 aromatic carbocycles. The minimum Gasteiger partial charge on any atom is -0.343 e. The topological polar surface area (TPSA) is 44.4 Å². The Balaban J connectivity index is 2.31. The summed E-state index contributed by atoms with van der Waals surface area (Å²) in [6, 6.07) is 0. The molecule has 1 heterocycles. The molecule has 4 heteroatoms. The average molecular weight is 127 g/mol. The van der Waals surface area contributed by atoms with Crippen LogP contribution in [0.2, 0.25) is 0 Å². The van der Waals surface area contributed by atoms with Crippen LogP contribution >= 0.6 is 0 Å². The van der Waals surface area contributed by atoms with Crippen LogP contribution in [0.1, 0.15) is 0 Å². The van der Waals surface area contributed by atoms with Crippen LogP contribution in [-0.2, 0) is 4.79 Å². The Hall–Kier alpha value is -0.830. The van der Waals surface area contributed by atoms with Crippen LogP contribution in [0.25, 0.3) is 0 Å². The lowest BCUT2D eigenvalue weighted by Crippen LogP contribution is -2.48. The van der Waals surface area contributed by atoms with Crippen LogP contribution in [0, 0.1) is 0 Å². The number of nitrogens with one attached hydrogen (secondary N) is 2. The van der Waals surface area contributed by atoms with Gasteiger partial charge in [-0.1, -0.05) is 0 Å². The molecule has 1 saturated heterocycles. The molecule has 0 aliphatic carbocycles. The van der Waals surface area contributed by atoms with E-state index in [-0.39, 0.29) is 0 Å². The van der Waals surface area contributed by atoms with Gasteiger partial charge in [-0.15, -0.1) is 0 Å². The molecule has 50 valence electrons. The fraction of sp³-hybridized carbons (Fsp3) is 0.600. The summed E-state index contributed by atoms with van der Waals surface area (Å²) in [7, 11) is 0. The number of rotatable bonds is 1. The van der Waals surface area contributed by atoms with Gasteiger partial charge in [0.15, 0.2) is 0 Å². The third-order valence-corrected chi connectivity index (χ3v) is 1.12. The average Bonchev–Trinajstić information content (AvgIpc) is 1.91. The highest BCUT2D eigenvalue weighted by molar-refractivity contribution is 5.44. The van der Waals surface area contributed by atoms with E-state index < -0.39 is 0 Å². The second-order valence-corrected chi connectivity index (χ2v) is 1.83. The molecule has 0 unspecified atom stereocenters. The quantitative estimate of drug-likeness (QED) is 0.430. The summed E-state index contributed by atoms with van der Waals surface area (Å²) in [5.41, 5.74) is 0. The van der Waals surface area contributed by atoms with Crippen molar-refractivity contribution in [2.24, 2.45) is 0 Å². The van der Waals surface area contributed by atoms with Gasteiger partial charge < -0.3 is 4.90 Å². The summed E-state index contributed by atoms with van der Waals surface area (Å²) < 4.78 is 0. The predicted molar refractivity (Wildman–Crippen MR) is 33.0 cm³/mol. The van der Waals surface area contributed by atoms with E-state index in [9.17, 15) is 4.79 Å². The first-order valence-corrected chi connectivity index (χ1v) is 2.80. The predicted octanol–water partition coefficient (Wildman–Crippen LogP) is -1.30. The van der Waals surface area contributed by atoms with E-state index in [1.807, 2.05) is 0 Å². The van der Waals surface area contributed by atoms with Crippen molar-refractivity contribution in [3.05, 3.63) is 6.20 Å². The molecule has 2 N–H and O–H groups in total. The first-order valence-electron chi connectivity index (χ1n) is 2.80. The van der Waals surface area contributed by atoms with Gasteiger partial charge in [-0.05, 0) is 0 Å². The SMILES string of the molecule is O=C=CN1CNCNC1. The molecule has 0 amide bonds. The van der Waals surface area contributed by atoms with Crippen molar-refractivity contribution in [3.8, 4) is 0 Å². The maximum atomic E-state index is 9.80. The van der Waals surface area contributed by atoms with Crippen molar-refractivity contribution in [1.82, 2.24) is 15.5 Å². The van der Waals surface area contributed by atoms with Crippen molar-refractivity contribution in [3.63, 3.8) is 0 Å². The molecule has 1 aliphatic rings. The number of hydrogen-bond acceptors (Lipinski definition) is 4. The van der Waals surface area contributed by atoms with Gasteiger partial charge in [0.25, 0.3) is 0 Å². The molecular weight excluding hydrogens is 118 g/mol. The Morgan fingerprint density at radius 3 is 2.67 bits per heavy atom. The van der Waals surface area contributed by atoms with Crippen LogP contribution < -0.4 is 10.6 Å². The lowest BCUT2D eigenvalue weighted by atomic mass is 10.6. The molecule has 0 saturated carbocycles. The molecule has 0 atom stereocenters. The Kier molecular flexibility index (Phi) is 2.27. The zero-order chi connectivity index (χ0) is 6.53. The van der Waals surface area contributed by atoms with Gasteiger partial charge >= 0.3 is 0 Å². The van der Waals surface area contributed by atoms with Gasteiger partial charge in [0.1, 0.15) is 5.94 Å². The second kappa shape index (κ2) is 3.25. The Morgan fingerprint density at radius 1 is 1.44 bits per heavy atom. The minimum absolute atomic E-state index is 0.724. The molecule has 9 heavy (non-hydrogen) atoms. The van der Waals surface area contributed by atoms with Gasteiger partial charge in [0.05, 0.1) is 19.5 Å². The van der Waals surface area contributed by atoms with Crippen molar-refractivity contribution in [2.45, 2.75) is 0 Å². The molecule has 0 bridgehead atoms. The van der Waals surface area contributed by atoms with E-state index in [0.717, 1.165) is 20.0 Å².